The summed E-state index contributed by atoms with van der Waals surface area (Å²) in [7, 11) is 0. The molecule has 18 heteroatoms. The van der Waals surface area contributed by atoms with Gasteiger partial charge < -0.3 is 28.8 Å². The van der Waals surface area contributed by atoms with Gasteiger partial charge in [0.15, 0.2) is 5.79 Å². The number of benzene rings is 4. The molecular formula is C46H34F6N6O6. The number of phenols is 1. The Kier molecular flexibility index (Phi) is 12.0. The van der Waals surface area contributed by atoms with Crippen LogP contribution in [0.25, 0.3) is 44.3 Å². The summed E-state index contributed by atoms with van der Waals surface area (Å²) in [6.45, 7) is 3.80. The van der Waals surface area contributed by atoms with E-state index in [1.807, 2.05) is 36.4 Å². The quantitative estimate of drug-likeness (QED) is 0.138. The molecule has 0 aliphatic carbocycles. The molecule has 5 heterocycles. The van der Waals surface area contributed by atoms with Gasteiger partial charge in [-0.05, 0) is 86.6 Å². The first-order chi connectivity index (χ1) is 30.6. The van der Waals surface area contributed by atoms with Crippen molar-refractivity contribution in [3.8, 4) is 57.3 Å². The average Bonchev–Trinajstić information content (AvgIpc) is 3.63. The third kappa shape index (κ3) is 10.4. The van der Waals surface area contributed by atoms with Gasteiger partial charge in [-0.1, -0.05) is 12.1 Å². The topological polar surface area (TPSA) is 144 Å². The van der Waals surface area contributed by atoms with Crippen molar-refractivity contribution < 1.29 is 55.1 Å². The van der Waals surface area contributed by atoms with Gasteiger partial charge in [-0.3, -0.25) is 9.97 Å². The molecule has 9 rings (SSSR count). The van der Waals surface area contributed by atoms with Crippen LogP contribution in [0.4, 0.5) is 26.3 Å². The van der Waals surface area contributed by atoms with Crippen molar-refractivity contribution in [1.29, 1.82) is 0 Å². The molecule has 0 saturated carbocycles. The Morgan fingerprint density at radius 2 is 1.16 bits per heavy atom. The predicted molar refractivity (Wildman–Crippen MR) is 221 cm³/mol. The van der Waals surface area contributed by atoms with Crippen LogP contribution in [0.1, 0.15) is 25.0 Å². The molecule has 4 aromatic heterocycles. The van der Waals surface area contributed by atoms with Gasteiger partial charge in [0.25, 0.3) is 0 Å². The van der Waals surface area contributed by atoms with Gasteiger partial charge in [0, 0.05) is 58.6 Å². The van der Waals surface area contributed by atoms with Crippen molar-refractivity contribution in [3.63, 3.8) is 0 Å². The molecule has 8 aromatic rings. The fraction of sp³-hybridized carbons (Fsp3) is 0.174. The molecule has 0 radical (unpaired) electrons. The van der Waals surface area contributed by atoms with Crippen molar-refractivity contribution in [1.82, 2.24) is 29.9 Å². The lowest BCUT2D eigenvalue weighted by Gasteiger charge is -2.19. The lowest BCUT2D eigenvalue weighted by molar-refractivity contribution is -0.141. The van der Waals surface area contributed by atoms with E-state index in [1.54, 1.807) is 50.5 Å². The zero-order valence-electron chi connectivity index (χ0n) is 33.6. The van der Waals surface area contributed by atoms with Crippen LogP contribution in [0, 0.1) is 0 Å². The fourth-order valence-electron chi connectivity index (χ4n) is 6.53. The van der Waals surface area contributed by atoms with Crippen molar-refractivity contribution >= 4 is 21.8 Å². The highest BCUT2D eigenvalue weighted by Gasteiger charge is 2.35. The minimum atomic E-state index is -4.54. The summed E-state index contributed by atoms with van der Waals surface area (Å²) in [6.07, 6.45) is -3.65. The second-order valence-corrected chi connectivity index (χ2v) is 14.6. The molecular weight excluding hydrogens is 847 g/mol. The van der Waals surface area contributed by atoms with E-state index in [1.165, 1.54) is 30.9 Å². The highest BCUT2D eigenvalue weighted by Crippen LogP contribution is 2.39. The first-order valence-electron chi connectivity index (χ1n) is 19.3. The average molecular weight is 881 g/mol. The van der Waals surface area contributed by atoms with E-state index in [4.69, 9.17) is 23.7 Å². The summed E-state index contributed by atoms with van der Waals surface area (Å²) in [5.74, 6) is 0.104. The van der Waals surface area contributed by atoms with E-state index in [2.05, 4.69) is 29.9 Å². The van der Waals surface area contributed by atoms with Gasteiger partial charge in [-0.15, -0.1) is 0 Å². The van der Waals surface area contributed by atoms with Crippen molar-refractivity contribution in [3.05, 3.63) is 145 Å². The predicted octanol–water partition coefficient (Wildman–Crippen LogP) is 11.2. The summed E-state index contributed by atoms with van der Waals surface area (Å²) < 4.78 is 107. The van der Waals surface area contributed by atoms with E-state index >= 15 is 0 Å². The largest absolute Gasteiger partial charge is 0.507 e. The van der Waals surface area contributed by atoms with Crippen LogP contribution >= 0.6 is 0 Å². The number of ether oxygens (including phenoxy) is 5. The number of hydrogen-bond donors (Lipinski definition) is 1. The van der Waals surface area contributed by atoms with Gasteiger partial charge in [0.05, 0.1) is 40.2 Å². The molecule has 0 spiro atoms. The molecule has 12 nitrogen and oxygen atoms in total. The number of phenolic OH excluding ortho intramolecular Hbond substituents is 1. The highest BCUT2D eigenvalue weighted by atomic mass is 19.4. The van der Waals surface area contributed by atoms with Gasteiger partial charge >= 0.3 is 12.4 Å². The minimum Gasteiger partial charge on any atom is -0.507 e. The second kappa shape index (κ2) is 17.7. The molecule has 0 bridgehead atoms. The zero-order valence-corrected chi connectivity index (χ0v) is 33.6. The molecule has 4 aromatic carbocycles. The molecule has 1 unspecified atom stereocenters. The smallest absolute Gasteiger partial charge is 0.416 e. The van der Waals surface area contributed by atoms with E-state index in [0.717, 1.165) is 46.1 Å². The first-order valence-corrected chi connectivity index (χ1v) is 19.3. The number of pyridine rings is 2. The Morgan fingerprint density at radius 1 is 0.625 bits per heavy atom. The third-order valence-electron chi connectivity index (χ3n) is 9.56. The number of halogens is 6. The zero-order chi connectivity index (χ0) is 45.1. The molecule has 1 saturated heterocycles. The molecule has 64 heavy (non-hydrogen) atoms. The molecule has 1 N–H and O–H groups in total. The number of aromatic hydroxyl groups is 1. The number of nitrogens with zero attached hydrogens (tertiary/aromatic N) is 6. The summed E-state index contributed by atoms with van der Waals surface area (Å²) >= 11 is 0. The van der Waals surface area contributed by atoms with Gasteiger partial charge in [-0.25, -0.2) is 19.9 Å². The minimum absolute atomic E-state index is 0.0102. The Hall–Kier alpha value is -7.44. The summed E-state index contributed by atoms with van der Waals surface area (Å²) in [6, 6.07) is 27.2. The number of aromatic nitrogens is 6. The lowest BCUT2D eigenvalue weighted by Crippen LogP contribution is -2.25. The number of rotatable bonds is 9. The number of hydrogen-bond acceptors (Lipinski definition) is 12. The van der Waals surface area contributed by atoms with Gasteiger partial charge in [0.2, 0.25) is 11.8 Å². The SMILES string of the molecule is CC1(C)OCC(COc2cc(C(F)(F)F)ccc2-c2cc(Oc3ccc4cccnc4c3)ncn2)O1.Oc1cc(C(F)(F)F)ccc1-c1cc(Oc2ccc3cccnc3c2)ncn1. The first kappa shape index (κ1) is 43.2. The standard InChI is InChI=1S/C26H22F3N3O4.C20H12F3N3O2/c1-25(2)34-14-19(36-25)13-33-23-10-17(26(27,28)29)6-8-20(23)22-12-24(32-15-31-22)35-18-7-5-16-4-3-9-30-21(16)11-18;21-20(22,23)13-4-6-15(18(27)8-13)17-10-19(26-11-25-17)28-14-5-3-12-2-1-7-24-16(12)9-14/h3-12,15,19H,13-14H2,1-2H3;1-11,27H. The van der Waals surface area contributed by atoms with E-state index < -0.39 is 41.1 Å². The molecule has 326 valence electrons. The monoisotopic (exact) mass is 880 g/mol. The van der Waals surface area contributed by atoms with Crippen molar-refractivity contribution in [2.24, 2.45) is 0 Å². The van der Waals surface area contributed by atoms with Crippen LogP contribution in [-0.4, -0.2) is 60.1 Å². The van der Waals surface area contributed by atoms with Crippen LogP contribution in [0.15, 0.2) is 134 Å². The molecule has 1 atom stereocenters. The second-order valence-electron chi connectivity index (χ2n) is 14.6. The maximum Gasteiger partial charge on any atom is 0.416 e. The van der Waals surface area contributed by atoms with Crippen LogP contribution in [0.3, 0.4) is 0 Å². The van der Waals surface area contributed by atoms with E-state index in [0.29, 0.717) is 28.8 Å². The summed E-state index contributed by atoms with van der Waals surface area (Å²) in [5, 5.41) is 11.9. The summed E-state index contributed by atoms with van der Waals surface area (Å²) in [4.78, 5) is 25.0. The van der Waals surface area contributed by atoms with Crippen LogP contribution in [0.5, 0.6) is 34.8 Å². The van der Waals surface area contributed by atoms with E-state index in [-0.39, 0.29) is 42.0 Å². The molecule has 1 fully saturated rings. The molecule has 1 aliphatic rings. The Morgan fingerprint density at radius 3 is 1.67 bits per heavy atom. The fourth-order valence-corrected chi connectivity index (χ4v) is 6.53. The lowest BCUT2D eigenvalue weighted by atomic mass is 10.1. The van der Waals surface area contributed by atoms with Gasteiger partial charge in [0.1, 0.15) is 48.4 Å². The van der Waals surface area contributed by atoms with Gasteiger partial charge in [-0.2, -0.15) is 26.3 Å². The highest BCUT2D eigenvalue weighted by molar-refractivity contribution is 5.80. The summed E-state index contributed by atoms with van der Waals surface area (Å²) in [5.41, 5.74) is 0.789. The van der Waals surface area contributed by atoms with Crippen LogP contribution < -0.4 is 14.2 Å². The maximum absolute atomic E-state index is 13.4. The number of alkyl halides is 6. The normalized spacial score (nSPS) is 14.8. The molecule has 0 amide bonds. The number of fused-ring (bicyclic) bond motifs is 2. The third-order valence-corrected chi connectivity index (χ3v) is 9.56. The van der Waals surface area contributed by atoms with Crippen molar-refractivity contribution in [2.45, 2.75) is 38.1 Å². The Balaban J connectivity index is 0.000000181. The molecule has 1 aliphatic heterocycles. The van der Waals surface area contributed by atoms with Crippen molar-refractivity contribution in [2.75, 3.05) is 13.2 Å². The Labute approximate surface area is 360 Å². The Bertz CT molecular complexity index is 2950. The van der Waals surface area contributed by atoms with Crippen LogP contribution in [-0.2, 0) is 21.8 Å². The maximum atomic E-state index is 13.4. The van der Waals surface area contributed by atoms with E-state index in [9.17, 15) is 31.4 Å². The van der Waals surface area contributed by atoms with Crippen LogP contribution in [0.2, 0.25) is 0 Å².